The third-order valence-corrected chi connectivity index (χ3v) is 5.94. The summed E-state index contributed by atoms with van der Waals surface area (Å²) in [6.07, 6.45) is 4.63. The number of aryl methyl sites for hydroxylation is 1. The Bertz CT molecular complexity index is 1070. The van der Waals surface area contributed by atoms with Gasteiger partial charge in [0.1, 0.15) is 11.6 Å². The molecule has 0 unspecified atom stereocenters. The van der Waals surface area contributed by atoms with E-state index in [9.17, 15) is 9.18 Å². The molecule has 0 bridgehead atoms. The highest BCUT2D eigenvalue weighted by molar-refractivity contribution is 5.77. The van der Waals surface area contributed by atoms with Gasteiger partial charge in [-0.25, -0.2) is 14.4 Å². The molecule has 166 valence electrons. The van der Waals surface area contributed by atoms with Gasteiger partial charge < -0.3 is 15.4 Å². The Morgan fingerprint density at radius 2 is 1.94 bits per heavy atom. The summed E-state index contributed by atoms with van der Waals surface area (Å²) in [7, 11) is 1.64. The van der Waals surface area contributed by atoms with E-state index in [1.165, 1.54) is 12.1 Å². The lowest BCUT2D eigenvalue weighted by molar-refractivity contribution is -0.132. The maximum absolute atomic E-state index is 13.4. The first-order valence-electron chi connectivity index (χ1n) is 10.8. The van der Waals surface area contributed by atoms with Crippen LogP contribution in [0.15, 0.2) is 54.7 Å². The molecule has 0 radical (unpaired) electrons. The molecule has 2 heterocycles. The van der Waals surface area contributed by atoms with Gasteiger partial charge in [-0.15, -0.1) is 0 Å². The van der Waals surface area contributed by atoms with E-state index in [1.807, 2.05) is 29.2 Å². The van der Waals surface area contributed by atoms with E-state index in [0.29, 0.717) is 19.4 Å². The molecule has 1 fully saturated rings. The summed E-state index contributed by atoms with van der Waals surface area (Å²) in [5.41, 5.74) is 9.48. The number of carbonyl (C=O) groups is 1. The van der Waals surface area contributed by atoms with Crippen molar-refractivity contribution in [2.24, 2.45) is 0 Å². The van der Waals surface area contributed by atoms with Crippen molar-refractivity contribution in [3.8, 4) is 16.9 Å². The SMILES string of the molecule is COc1ccc(CCC(=O)N2CCC[C@H](c3nc(N)ncc3-c3ccc(F)cc3)C2)cc1. The predicted molar refractivity (Wildman–Crippen MR) is 122 cm³/mol. The molecule has 2 N–H and O–H groups in total. The molecule has 0 aliphatic carbocycles. The average molecular weight is 435 g/mol. The van der Waals surface area contributed by atoms with Crippen LogP contribution >= 0.6 is 0 Å². The minimum absolute atomic E-state index is 0.0547. The molecular weight excluding hydrogens is 407 g/mol. The standard InChI is InChI=1S/C25H27FN4O2/c1-32-21-11-4-17(5-12-21)6-13-23(31)30-14-2-3-19(16-30)24-22(15-28-25(27)29-24)18-7-9-20(26)10-8-18/h4-5,7-12,15,19H,2-3,6,13-14,16H2,1H3,(H2,27,28,29)/t19-/m0/s1. The highest BCUT2D eigenvalue weighted by Gasteiger charge is 2.28. The minimum atomic E-state index is -0.294. The second-order valence-corrected chi connectivity index (χ2v) is 8.06. The van der Waals surface area contributed by atoms with Crippen LogP contribution < -0.4 is 10.5 Å². The van der Waals surface area contributed by atoms with Crippen molar-refractivity contribution in [1.82, 2.24) is 14.9 Å². The molecule has 1 amide bonds. The number of rotatable bonds is 6. The maximum Gasteiger partial charge on any atom is 0.222 e. The third-order valence-electron chi connectivity index (χ3n) is 5.94. The van der Waals surface area contributed by atoms with E-state index in [-0.39, 0.29) is 23.6 Å². The zero-order valence-corrected chi connectivity index (χ0v) is 18.1. The molecule has 1 saturated heterocycles. The molecule has 6 nitrogen and oxygen atoms in total. The first-order valence-corrected chi connectivity index (χ1v) is 10.8. The van der Waals surface area contributed by atoms with Crippen LogP contribution in [-0.4, -0.2) is 41.0 Å². The largest absolute Gasteiger partial charge is 0.497 e. The number of amides is 1. The van der Waals surface area contributed by atoms with Crippen molar-refractivity contribution in [2.75, 3.05) is 25.9 Å². The Morgan fingerprint density at radius 3 is 2.66 bits per heavy atom. The number of hydrogen-bond acceptors (Lipinski definition) is 5. The number of piperidine rings is 1. The molecule has 1 atom stereocenters. The number of ether oxygens (including phenoxy) is 1. The Morgan fingerprint density at radius 1 is 1.19 bits per heavy atom. The summed E-state index contributed by atoms with van der Waals surface area (Å²) in [6, 6.07) is 14.1. The zero-order chi connectivity index (χ0) is 22.5. The van der Waals surface area contributed by atoms with Crippen LogP contribution in [0, 0.1) is 5.82 Å². The topological polar surface area (TPSA) is 81.3 Å². The lowest BCUT2D eigenvalue weighted by atomic mass is 9.89. The predicted octanol–water partition coefficient (Wildman–Crippen LogP) is 4.21. The van der Waals surface area contributed by atoms with E-state index >= 15 is 0 Å². The van der Waals surface area contributed by atoms with Crippen LogP contribution in [0.2, 0.25) is 0 Å². The van der Waals surface area contributed by atoms with Crippen LogP contribution in [0.1, 0.15) is 36.4 Å². The van der Waals surface area contributed by atoms with E-state index in [4.69, 9.17) is 10.5 Å². The number of nitrogens with two attached hydrogens (primary N) is 1. The zero-order valence-electron chi connectivity index (χ0n) is 18.1. The van der Waals surface area contributed by atoms with Crippen LogP contribution in [0.5, 0.6) is 5.75 Å². The molecule has 1 aliphatic heterocycles. The molecule has 0 saturated carbocycles. The number of halogens is 1. The average Bonchev–Trinajstić information content (AvgIpc) is 2.83. The van der Waals surface area contributed by atoms with Crippen molar-refractivity contribution in [3.63, 3.8) is 0 Å². The number of methoxy groups -OCH3 is 1. The number of anilines is 1. The lowest BCUT2D eigenvalue weighted by Gasteiger charge is -2.33. The fourth-order valence-electron chi connectivity index (χ4n) is 4.20. The summed E-state index contributed by atoms with van der Waals surface area (Å²) in [6.45, 7) is 1.33. The van der Waals surface area contributed by atoms with Gasteiger partial charge in [-0.2, -0.15) is 0 Å². The monoisotopic (exact) mass is 434 g/mol. The Hall–Kier alpha value is -3.48. The van der Waals surface area contributed by atoms with Crippen molar-refractivity contribution in [2.45, 2.75) is 31.6 Å². The number of hydrogen-bond donors (Lipinski definition) is 1. The van der Waals surface area contributed by atoms with Crippen molar-refractivity contribution < 1.29 is 13.9 Å². The number of carbonyl (C=O) groups excluding carboxylic acids is 1. The smallest absolute Gasteiger partial charge is 0.222 e. The molecule has 2 aromatic carbocycles. The molecular formula is C25H27FN4O2. The molecule has 0 spiro atoms. The third kappa shape index (κ3) is 5.04. The quantitative estimate of drug-likeness (QED) is 0.628. The molecule has 4 rings (SSSR count). The van der Waals surface area contributed by atoms with Gasteiger partial charge in [0, 0.05) is 37.2 Å². The normalized spacial score (nSPS) is 16.1. The number of nitrogens with zero attached hydrogens (tertiary/aromatic N) is 3. The van der Waals surface area contributed by atoms with Crippen LogP contribution in [0.25, 0.3) is 11.1 Å². The highest BCUT2D eigenvalue weighted by Crippen LogP contribution is 2.33. The summed E-state index contributed by atoms with van der Waals surface area (Å²) < 4.78 is 18.6. The van der Waals surface area contributed by atoms with Gasteiger partial charge in [-0.3, -0.25) is 4.79 Å². The van der Waals surface area contributed by atoms with Crippen LogP contribution in [0.4, 0.5) is 10.3 Å². The van der Waals surface area contributed by atoms with Gasteiger partial charge in [-0.05, 0) is 54.7 Å². The molecule has 32 heavy (non-hydrogen) atoms. The first-order chi connectivity index (χ1) is 15.5. The number of nitrogen functional groups attached to an aromatic ring is 1. The number of aromatic nitrogens is 2. The highest BCUT2D eigenvalue weighted by atomic mass is 19.1. The number of benzene rings is 2. The van der Waals surface area contributed by atoms with E-state index in [1.54, 1.807) is 25.4 Å². The van der Waals surface area contributed by atoms with Gasteiger partial charge in [0.2, 0.25) is 11.9 Å². The molecule has 7 heteroatoms. The fourth-order valence-corrected chi connectivity index (χ4v) is 4.20. The van der Waals surface area contributed by atoms with Crippen molar-refractivity contribution in [1.29, 1.82) is 0 Å². The Balaban J connectivity index is 1.47. The van der Waals surface area contributed by atoms with E-state index < -0.39 is 0 Å². The summed E-state index contributed by atoms with van der Waals surface area (Å²) in [5.74, 6) is 0.904. The molecule has 1 aromatic heterocycles. The Kier molecular flexibility index (Phi) is 6.63. The van der Waals surface area contributed by atoms with Crippen molar-refractivity contribution >= 4 is 11.9 Å². The summed E-state index contributed by atoms with van der Waals surface area (Å²) in [4.78, 5) is 23.5. The molecule has 3 aromatic rings. The van der Waals surface area contributed by atoms with E-state index in [2.05, 4.69) is 9.97 Å². The van der Waals surface area contributed by atoms with Crippen molar-refractivity contribution in [3.05, 3.63) is 71.8 Å². The number of likely N-dealkylation sites (tertiary alicyclic amines) is 1. The summed E-state index contributed by atoms with van der Waals surface area (Å²) >= 11 is 0. The van der Waals surface area contributed by atoms with Crippen LogP contribution in [0.3, 0.4) is 0 Å². The maximum atomic E-state index is 13.4. The Labute approximate surface area is 187 Å². The van der Waals surface area contributed by atoms with Gasteiger partial charge in [0.25, 0.3) is 0 Å². The second kappa shape index (κ2) is 9.77. The van der Waals surface area contributed by atoms with Gasteiger partial charge in [0.05, 0.1) is 12.8 Å². The van der Waals surface area contributed by atoms with Gasteiger partial charge in [0.15, 0.2) is 0 Å². The van der Waals surface area contributed by atoms with Crippen LogP contribution in [-0.2, 0) is 11.2 Å². The molecule has 1 aliphatic rings. The lowest BCUT2D eigenvalue weighted by Crippen LogP contribution is -2.39. The minimum Gasteiger partial charge on any atom is -0.497 e. The van der Waals surface area contributed by atoms with Gasteiger partial charge in [-0.1, -0.05) is 24.3 Å². The fraction of sp³-hybridized carbons (Fsp3) is 0.320. The van der Waals surface area contributed by atoms with Gasteiger partial charge >= 0.3 is 0 Å². The summed E-state index contributed by atoms with van der Waals surface area (Å²) in [5, 5.41) is 0. The van der Waals surface area contributed by atoms with E-state index in [0.717, 1.165) is 47.5 Å². The second-order valence-electron chi connectivity index (χ2n) is 8.06. The first kappa shape index (κ1) is 21.7.